The van der Waals surface area contributed by atoms with Gasteiger partial charge in [-0.2, -0.15) is 26.3 Å². The number of amides is 4. The summed E-state index contributed by atoms with van der Waals surface area (Å²) in [5.74, 6) is -27.4. The molecule has 0 radical (unpaired) electrons. The molecule has 0 bridgehead atoms. The van der Waals surface area contributed by atoms with E-state index in [1.165, 1.54) is 5.56 Å². The molecule has 3 aliphatic rings. The van der Waals surface area contributed by atoms with Crippen molar-refractivity contribution in [2.45, 2.75) is 121 Å². The number of imide groups is 2. The van der Waals surface area contributed by atoms with Crippen LogP contribution in [0.25, 0.3) is 0 Å². The van der Waals surface area contributed by atoms with E-state index in [1.54, 1.807) is 45.0 Å². The predicted octanol–water partition coefficient (Wildman–Crippen LogP) is 11.1. The molecule has 0 spiro atoms. The Balaban J connectivity index is 1.12. The quantitative estimate of drug-likeness (QED) is 0.0983. The summed E-state index contributed by atoms with van der Waals surface area (Å²) in [5.41, 5.74) is 0.664. The van der Waals surface area contributed by atoms with Crippen molar-refractivity contribution in [3.63, 3.8) is 0 Å². The minimum Gasteiger partial charge on any atom is -0.447 e. The lowest BCUT2D eigenvalue weighted by atomic mass is 9.74. The third-order valence-corrected chi connectivity index (χ3v) is 13.6. The van der Waals surface area contributed by atoms with Crippen LogP contribution >= 0.6 is 0 Å². The van der Waals surface area contributed by atoms with E-state index in [1.807, 2.05) is 13.8 Å². The number of alkyl halides is 6. The lowest BCUT2D eigenvalue weighted by molar-refractivity contribution is -0.527. The Labute approximate surface area is 349 Å². The molecule has 4 amide bonds. The summed E-state index contributed by atoms with van der Waals surface area (Å²) < 4.78 is 102. The normalized spacial score (nSPS) is 22.0. The third-order valence-electron chi connectivity index (χ3n) is 13.6. The summed E-state index contributed by atoms with van der Waals surface area (Å²) in [5, 5.41) is 0. The van der Waals surface area contributed by atoms with Gasteiger partial charge in [-0.15, -0.1) is 0 Å². The summed E-state index contributed by atoms with van der Waals surface area (Å²) in [6.45, 7) is 15.8. The summed E-state index contributed by atoms with van der Waals surface area (Å²) in [6, 6.07) is 19.9. The zero-order chi connectivity index (χ0) is 44.9. The first-order valence-electron chi connectivity index (χ1n) is 20.2. The Morgan fingerprint density at radius 3 is 1.31 bits per heavy atom. The predicted molar refractivity (Wildman–Crippen MR) is 215 cm³/mol. The van der Waals surface area contributed by atoms with E-state index in [0.29, 0.717) is 25.0 Å². The highest BCUT2D eigenvalue weighted by molar-refractivity contribution is 6.34. The van der Waals surface area contributed by atoms with Gasteiger partial charge < -0.3 is 9.47 Å². The van der Waals surface area contributed by atoms with Gasteiger partial charge in [-0.05, 0) is 103 Å². The summed E-state index contributed by atoms with van der Waals surface area (Å²) >= 11 is 0. The molecule has 61 heavy (non-hydrogen) atoms. The average Bonchev–Trinajstić information content (AvgIpc) is 3.65. The molecule has 4 aromatic rings. The van der Waals surface area contributed by atoms with Crippen LogP contribution in [0.2, 0.25) is 0 Å². The van der Waals surface area contributed by atoms with Crippen molar-refractivity contribution >= 4 is 29.3 Å². The fourth-order valence-electron chi connectivity index (χ4n) is 8.33. The minimum absolute atomic E-state index is 0.0473. The number of halogens is 6. The molecule has 8 nitrogen and oxygen atoms in total. The van der Waals surface area contributed by atoms with Gasteiger partial charge in [0.2, 0.25) is 0 Å². The highest BCUT2D eigenvalue weighted by atomic mass is 19.3. The lowest BCUT2D eigenvalue weighted by Crippen LogP contribution is -2.89. The fraction of sp³-hybridized carbons (Fsp3) is 0.404. The van der Waals surface area contributed by atoms with E-state index in [-0.39, 0.29) is 27.8 Å². The largest absolute Gasteiger partial charge is 0.447 e. The molecule has 1 fully saturated rings. The van der Waals surface area contributed by atoms with Crippen LogP contribution in [0.15, 0.2) is 84.9 Å². The van der Waals surface area contributed by atoms with Crippen molar-refractivity contribution in [2.24, 2.45) is 0 Å². The molecule has 0 aromatic heterocycles. The minimum atomic E-state index is -5.83. The molecule has 2 atom stereocenters. The van der Waals surface area contributed by atoms with E-state index in [2.05, 4.69) is 54.5 Å². The van der Waals surface area contributed by atoms with Crippen molar-refractivity contribution in [3.05, 3.63) is 124 Å². The maximum atomic E-state index is 16.3. The first kappa shape index (κ1) is 43.4. The highest BCUT2D eigenvalue weighted by Gasteiger charge is 3.03. The second-order valence-corrected chi connectivity index (χ2v) is 17.1. The van der Waals surface area contributed by atoms with Crippen molar-refractivity contribution in [1.82, 2.24) is 4.90 Å². The molecule has 0 saturated heterocycles. The molecule has 1 aliphatic carbocycles. The molecule has 0 N–H and O–H groups in total. The van der Waals surface area contributed by atoms with Crippen LogP contribution < -0.4 is 14.4 Å². The molecule has 7 rings (SSSR count). The van der Waals surface area contributed by atoms with E-state index < -0.39 is 75.2 Å². The molecule has 2 unspecified atom stereocenters. The van der Waals surface area contributed by atoms with Crippen molar-refractivity contribution in [3.8, 4) is 11.5 Å². The van der Waals surface area contributed by atoms with Gasteiger partial charge in [0.05, 0.1) is 27.9 Å². The standard InChI is InChI=1S/C47H46F6N2O6/c1-9-42(7,10-2)29-15-13-27(14-16-29)41(5,6)28-17-19-30(20-18-28)54-37(56)33-23-21-31(25-35(33)38(54)57)60-46(52)44(48,49)45(50,51)47(46,53)61-32-22-24-34-36(26-32)40(59)55(39(34)58)43(8,11-3)12-4/h13-26H,9-12H2,1-8H3. The Bertz CT molecular complexity index is 2460. The number of fused-ring (bicyclic) bond motifs is 2. The number of anilines is 1. The van der Waals surface area contributed by atoms with Gasteiger partial charge in [-0.3, -0.25) is 24.1 Å². The second-order valence-electron chi connectivity index (χ2n) is 17.1. The first-order chi connectivity index (χ1) is 28.4. The monoisotopic (exact) mass is 848 g/mol. The Hall–Kier alpha value is -5.66. The van der Waals surface area contributed by atoms with Crippen LogP contribution in [0.4, 0.5) is 32.0 Å². The fourth-order valence-corrected chi connectivity index (χ4v) is 8.33. The lowest BCUT2D eigenvalue weighted by Gasteiger charge is -2.55. The summed E-state index contributed by atoms with van der Waals surface area (Å²) in [4.78, 5) is 55.4. The van der Waals surface area contributed by atoms with Crippen LogP contribution in [0.3, 0.4) is 0 Å². The number of benzene rings is 4. The highest BCUT2D eigenvalue weighted by Crippen LogP contribution is 2.68. The summed E-state index contributed by atoms with van der Waals surface area (Å²) in [7, 11) is 0. The third kappa shape index (κ3) is 5.94. The number of hydrogen-bond donors (Lipinski definition) is 0. The summed E-state index contributed by atoms with van der Waals surface area (Å²) in [6.07, 6.45) is 2.69. The van der Waals surface area contributed by atoms with Gasteiger partial charge in [0.15, 0.2) is 0 Å². The van der Waals surface area contributed by atoms with Gasteiger partial charge in [-0.25, -0.2) is 4.90 Å². The zero-order valence-corrected chi connectivity index (χ0v) is 35.0. The zero-order valence-electron chi connectivity index (χ0n) is 35.0. The average molecular weight is 849 g/mol. The number of ether oxygens (including phenoxy) is 2. The van der Waals surface area contributed by atoms with Gasteiger partial charge in [0.1, 0.15) is 11.5 Å². The Kier molecular flexibility index (Phi) is 10.1. The Morgan fingerprint density at radius 2 is 0.869 bits per heavy atom. The van der Waals surface area contributed by atoms with Gasteiger partial charge >= 0.3 is 23.6 Å². The smallest absolute Gasteiger partial charge is 0.395 e. The number of carbonyl (C=O) groups excluding carboxylic acids is 4. The SMILES string of the molecule is CCC(C)(CC)c1ccc(C(C)(C)c2ccc(N3C(=O)c4ccc(OC5(F)C(F)(F)C(F)(F)C5(F)Oc5ccc6c(c5)C(=O)N(C(C)(CC)CC)C6=O)cc4C3=O)cc2)cc1. The molecule has 322 valence electrons. The number of nitrogens with zero attached hydrogens (tertiary/aromatic N) is 2. The molecular weight excluding hydrogens is 803 g/mol. The maximum Gasteiger partial charge on any atom is 0.395 e. The van der Waals surface area contributed by atoms with Gasteiger partial charge in [0.25, 0.3) is 23.6 Å². The number of carbonyl (C=O) groups is 4. The Morgan fingerprint density at radius 1 is 0.492 bits per heavy atom. The van der Waals surface area contributed by atoms with Crippen LogP contribution in [0.5, 0.6) is 11.5 Å². The van der Waals surface area contributed by atoms with Crippen molar-refractivity contribution in [1.29, 1.82) is 0 Å². The van der Waals surface area contributed by atoms with Crippen molar-refractivity contribution in [2.75, 3.05) is 4.90 Å². The first-order valence-corrected chi connectivity index (χ1v) is 20.2. The van der Waals surface area contributed by atoms with Crippen LogP contribution in [0, 0.1) is 0 Å². The van der Waals surface area contributed by atoms with E-state index in [4.69, 9.17) is 0 Å². The maximum absolute atomic E-state index is 16.3. The molecule has 2 heterocycles. The van der Waals surface area contributed by atoms with Crippen LogP contribution in [-0.4, -0.2) is 57.6 Å². The molecule has 2 aliphatic heterocycles. The second kappa shape index (κ2) is 14.2. The molecule has 4 aromatic carbocycles. The van der Waals surface area contributed by atoms with Crippen molar-refractivity contribution < 1.29 is 55.0 Å². The molecular formula is C47H46F6N2O6. The number of rotatable bonds is 13. The molecule has 1 saturated carbocycles. The van der Waals surface area contributed by atoms with E-state index in [9.17, 15) is 19.2 Å². The van der Waals surface area contributed by atoms with Gasteiger partial charge in [-0.1, -0.05) is 84.9 Å². The van der Waals surface area contributed by atoms with Crippen LogP contribution in [0.1, 0.15) is 139 Å². The van der Waals surface area contributed by atoms with Gasteiger partial charge in [0, 0.05) is 11.0 Å². The topological polar surface area (TPSA) is 93.2 Å². The van der Waals surface area contributed by atoms with E-state index >= 15 is 26.3 Å². The number of hydrogen-bond acceptors (Lipinski definition) is 6. The van der Waals surface area contributed by atoms with Crippen LogP contribution in [-0.2, 0) is 10.8 Å². The van der Waals surface area contributed by atoms with E-state index in [0.717, 1.165) is 58.0 Å². The molecule has 14 heteroatoms.